The molecule has 1 saturated heterocycles. The molecule has 2 aliphatic carbocycles. The molecule has 25 heavy (non-hydrogen) atoms. The summed E-state index contributed by atoms with van der Waals surface area (Å²) in [4.78, 5) is 28.2. The van der Waals surface area contributed by atoms with Crippen LogP contribution in [-0.2, 0) is 25.6 Å². The van der Waals surface area contributed by atoms with Crippen LogP contribution in [0.5, 0.6) is 0 Å². The first kappa shape index (κ1) is 16.3. The number of allylic oxidation sites excluding steroid dienone is 1. The molecule has 132 valence electrons. The number of hydrogen-bond donors (Lipinski definition) is 0. The zero-order valence-corrected chi connectivity index (χ0v) is 14.4. The lowest BCUT2D eigenvalue weighted by atomic mass is 9.73. The number of aromatic nitrogens is 1. The zero-order chi connectivity index (χ0) is 17.6. The van der Waals surface area contributed by atoms with Gasteiger partial charge in [0.1, 0.15) is 17.4 Å². The summed E-state index contributed by atoms with van der Waals surface area (Å²) in [5.41, 5.74) is 0.889. The lowest BCUT2D eigenvalue weighted by Gasteiger charge is -2.38. The second-order valence-electron chi connectivity index (χ2n) is 7.05. The Hall–Kier alpha value is -2.21. The molecule has 2 fully saturated rings. The molecule has 6 nitrogen and oxygen atoms in total. The van der Waals surface area contributed by atoms with Crippen molar-refractivity contribution in [1.29, 1.82) is 0 Å². The topological polar surface area (TPSA) is 74.7 Å². The second-order valence-corrected chi connectivity index (χ2v) is 7.05. The van der Waals surface area contributed by atoms with Gasteiger partial charge < -0.3 is 14.2 Å². The number of pyridine rings is 1. The van der Waals surface area contributed by atoms with E-state index in [-0.39, 0.29) is 30.3 Å². The molecule has 0 aromatic carbocycles. The van der Waals surface area contributed by atoms with Crippen molar-refractivity contribution in [2.45, 2.75) is 44.5 Å². The Morgan fingerprint density at radius 1 is 1.40 bits per heavy atom. The number of hydrogen-bond acceptors (Lipinski definition) is 6. The second kappa shape index (κ2) is 5.95. The third-order valence-electron chi connectivity index (χ3n) is 5.52. The van der Waals surface area contributed by atoms with Gasteiger partial charge in [0.25, 0.3) is 0 Å². The smallest absolute Gasteiger partial charge is 0.356 e. The van der Waals surface area contributed by atoms with Gasteiger partial charge in [0.2, 0.25) is 0 Å². The molecule has 0 N–H and O–H groups in total. The molecule has 0 amide bonds. The van der Waals surface area contributed by atoms with Crippen molar-refractivity contribution >= 4 is 11.9 Å². The fourth-order valence-electron chi connectivity index (χ4n) is 4.49. The third-order valence-corrected chi connectivity index (χ3v) is 5.52. The largest absolute Gasteiger partial charge is 0.464 e. The Morgan fingerprint density at radius 2 is 2.24 bits per heavy atom. The van der Waals surface area contributed by atoms with Gasteiger partial charge in [-0.25, -0.2) is 14.6 Å². The van der Waals surface area contributed by atoms with Crippen molar-refractivity contribution < 1.29 is 23.8 Å². The van der Waals surface area contributed by atoms with Crippen LogP contribution in [0, 0.1) is 11.8 Å². The Morgan fingerprint density at radius 3 is 3.04 bits per heavy atom. The molecular formula is C19H21NO5. The first-order valence-corrected chi connectivity index (χ1v) is 8.66. The van der Waals surface area contributed by atoms with Crippen LogP contribution in [0.4, 0.5) is 0 Å². The minimum absolute atomic E-state index is 0.215. The van der Waals surface area contributed by atoms with E-state index in [1.165, 1.54) is 7.11 Å². The van der Waals surface area contributed by atoms with E-state index in [4.69, 9.17) is 14.2 Å². The first-order chi connectivity index (χ1) is 12.0. The SMILES string of the molecule is COC(=O)c1cccc(CO[C@]23C4=C[C@@H](C)CC2CC[C@H]3OC4=O)n1. The summed E-state index contributed by atoms with van der Waals surface area (Å²) in [7, 11) is 1.32. The Bertz CT molecular complexity index is 758. The zero-order valence-electron chi connectivity index (χ0n) is 14.4. The maximum absolute atomic E-state index is 12.3. The van der Waals surface area contributed by atoms with Crippen LogP contribution >= 0.6 is 0 Å². The Kier molecular flexibility index (Phi) is 3.87. The summed E-state index contributed by atoms with van der Waals surface area (Å²) in [6.07, 6.45) is 4.60. The van der Waals surface area contributed by atoms with Gasteiger partial charge in [0.05, 0.1) is 25.0 Å². The third kappa shape index (κ3) is 2.47. The lowest BCUT2D eigenvalue weighted by molar-refractivity contribution is -0.142. The predicted octanol–water partition coefficient (Wildman–Crippen LogP) is 2.43. The average Bonchev–Trinajstić information content (AvgIpc) is 3.10. The van der Waals surface area contributed by atoms with Crippen LogP contribution in [0.1, 0.15) is 42.4 Å². The number of ether oxygens (including phenoxy) is 3. The molecule has 0 spiro atoms. The van der Waals surface area contributed by atoms with Gasteiger partial charge in [0, 0.05) is 0 Å². The predicted molar refractivity (Wildman–Crippen MR) is 87.6 cm³/mol. The molecule has 1 aromatic heterocycles. The molecule has 2 heterocycles. The summed E-state index contributed by atoms with van der Waals surface area (Å²) in [5.74, 6) is -0.103. The van der Waals surface area contributed by atoms with Gasteiger partial charge in [0.15, 0.2) is 0 Å². The van der Waals surface area contributed by atoms with E-state index >= 15 is 0 Å². The molecule has 6 heteroatoms. The summed E-state index contributed by atoms with van der Waals surface area (Å²) in [5, 5.41) is 0. The average molecular weight is 343 g/mol. The van der Waals surface area contributed by atoms with E-state index in [0.29, 0.717) is 17.2 Å². The number of methoxy groups -OCH3 is 1. The van der Waals surface area contributed by atoms with E-state index in [2.05, 4.69) is 11.9 Å². The molecule has 4 rings (SSSR count). The van der Waals surface area contributed by atoms with E-state index in [1.54, 1.807) is 18.2 Å². The monoisotopic (exact) mass is 343 g/mol. The number of carbonyl (C=O) groups excluding carboxylic acids is 2. The fraction of sp³-hybridized carbons (Fsp3) is 0.526. The number of carbonyl (C=O) groups is 2. The quantitative estimate of drug-likeness (QED) is 0.782. The van der Waals surface area contributed by atoms with Crippen LogP contribution in [0.25, 0.3) is 0 Å². The van der Waals surface area contributed by atoms with E-state index < -0.39 is 11.6 Å². The van der Waals surface area contributed by atoms with E-state index in [0.717, 1.165) is 19.3 Å². The maximum atomic E-state index is 12.3. The Labute approximate surface area is 146 Å². The molecule has 1 aliphatic heterocycles. The molecule has 0 bridgehead atoms. The van der Waals surface area contributed by atoms with Crippen molar-refractivity contribution in [3.05, 3.63) is 41.2 Å². The highest BCUT2D eigenvalue weighted by Gasteiger charge is 2.63. The van der Waals surface area contributed by atoms with Crippen molar-refractivity contribution in [3.8, 4) is 0 Å². The summed E-state index contributed by atoms with van der Waals surface area (Å²) >= 11 is 0. The maximum Gasteiger partial charge on any atom is 0.356 e. The van der Waals surface area contributed by atoms with Crippen LogP contribution < -0.4 is 0 Å². The van der Waals surface area contributed by atoms with Crippen LogP contribution in [0.3, 0.4) is 0 Å². The molecule has 4 atom stereocenters. The highest BCUT2D eigenvalue weighted by molar-refractivity contribution is 5.94. The van der Waals surface area contributed by atoms with Crippen LogP contribution in [0.15, 0.2) is 29.8 Å². The van der Waals surface area contributed by atoms with E-state index in [9.17, 15) is 9.59 Å². The minimum atomic E-state index is -0.660. The Balaban J connectivity index is 1.61. The molecule has 1 aromatic rings. The minimum Gasteiger partial charge on any atom is -0.464 e. The summed E-state index contributed by atoms with van der Waals surface area (Å²) in [6.45, 7) is 2.34. The number of esters is 2. The van der Waals surface area contributed by atoms with Crippen LogP contribution in [-0.4, -0.2) is 35.7 Å². The highest BCUT2D eigenvalue weighted by atomic mass is 16.6. The van der Waals surface area contributed by atoms with Gasteiger partial charge in [-0.05, 0) is 43.2 Å². The van der Waals surface area contributed by atoms with Gasteiger partial charge >= 0.3 is 11.9 Å². The molecule has 1 unspecified atom stereocenters. The molecule has 3 aliphatic rings. The van der Waals surface area contributed by atoms with Crippen LogP contribution in [0.2, 0.25) is 0 Å². The van der Waals surface area contributed by atoms with Crippen molar-refractivity contribution in [1.82, 2.24) is 4.98 Å². The summed E-state index contributed by atoms with van der Waals surface area (Å²) < 4.78 is 16.6. The van der Waals surface area contributed by atoms with Gasteiger partial charge in [-0.15, -0.1) is 0 Å². The van der Waals surface area contributed by atoms with Gasteiger partial charge in [-0.2, -0.15) is 0 Å². The van der Waals surface area contributed by atoms with E-state index in [1.807, 2.05) is 6.08 Å². The number of nitrogens with zero attached hydrogens (tertiary/aromatic N) is 1. The lowest BCUT2D eigenvalue weighted by Crippen LogP contribution is -2.46. The van der Waals surface area contributed by atoms with Crippen molar-refractivity contribution in [3.63, 3.8) is 0 Å². The van der Waals surface area contributed by atoms with Gasteiger partial charge in [-0.1, -0.05) is 19.1 Å². The molecule has 0 radical (unpaired) electrons. The fourth-order valence-corrected chi connectivity index (χ4v) is 4.49. The number of rotatable bonds is 4. The standard InChI is InChI=1S/C19H21NO5/c1-11-8-12-6-7-16-19(12,14(9-11)17(21)25-16)24-10-13-4-3-5-15(20-13)18(22)23-2/h3-5,9,11-12,16H,6-8,10H2,1-2H3/t11-,12?,16+,19-/m0/s1. The summed E-state index contributed by atoms with van der Waals surface area (Å²) in [6, 6.07) is 5.16. The normalized spacial score (nSPS) is 32.8. The van der Waals surface area contributed by atoms with Crippen molar-refractivity contribution in [2.24, 2.45) is 11.8 Å². The van der Waals surface area contributed by atoms with Gasteiger partial charge in [-0.3, -0.25) is 0 Å². The highest BCUT2D eigenvalue weighted by Crippen LogP contribution is 2.55. The van der Waals surface area contributed by atoms with Crippen molar-refractivity contribution in [2.75, 3.05) is 7.11 Å². The molecular weight excluding hydrogens is 322 g/mol. The first-order valence-electron chi connectivity index (χ1n) is 8.66. The molecule has 1 saturated carbocycles.